The lowest BCUT2D eigenvalue weighted by molar-refractivity contribution is 0.0584. The van der Waals surface area contributed by atoms with Crippen molar-refractivity contribution in [3.05, 3.63) is 0 Å². The Labute approximate surface area is 310 Å². The SMILES string of the molecule is CCC[Si](C)(OC)O[Si](CCNCCN)(OC)O[Si](CCC)(OC)O[Si](CCNCCN)(OC)O[Si](CCC)(OC)O[Si](CCC)(OC)OC. The fourth-order valence-electron chi connectivity index (χ4n) is 5.44. The van der Waals surface area contributed by atoms with Crippen molar-refractivity contribution in [1.82, 2.24) is 10.6 Å². The molecule has 0 saturated heterocycles. The van der Waals surface area contributed by atoms with Crippen LogP contribution < -0.4 is 22.1 Å². The standard InChI is InChI=1S/C28H74N4O12Si6/c1-13-23-45(12,33-5)40-49(38-10,27-21-31-19-17-29)42-48(37-9,26-16-4)44-50(39-11,28-22-32-20-18-30)43-47(36-8,25-15-3)41-46(34-6,35-7)24-14-2/h31-32H,13-30H2,1-12H3. The minimum absolute atomic E-state index is 0.350. The summed E-state index contributed by atoms with van der Waals surface area (Å²) in [4.78, 5) is 0. The highest BCUT2D eigenvalue weighted by Crippen LogP contribution is 2.36. The average molecular weight is 827 g/mol. The maximum atomic E-state index is 7.22. The van der Waals surface area contributed by atoms with Gasteiger partial charge < -0.3 is 73.7 Å². The smallest absolute Gasteiger partial charge is 0.398 e. The summed E-state index contributed by atoms with van der Waals surface area (Å²) >= 11 is 0. The van der Waals surface area contributed by atoms with Crippen molar-refractivity contribution in [3.8, 4) is 0 Å². The maximum Gasteiger partial charge on any atom is 0.493 e. The van der Waals surface area contributed by atoms with Crippen molar-refractivity contribution in [2.45, 2.75) is 96.2 Å². The molecule has 302 valence electrons. The third-order valence-corrected chi connectivity index (χ3v) is 32.1. The number of rotatable bonds is 35. The lowest BCUT2D eigenvalue weighted by Crippen LogP contribution is -2.69. The lowest BCUT2D eigenvalue weighted by Gasteiger charge is -2.46. The van der Waals surface area contributed by atoms with Gasteiger partial charge in [0.15, 0.2) is 0 Å². The third kappa shape index (κ3) is 16.6. The predicted molar refractivity (Wildman–Crippen MR) is 209 cm³/mol. The van der Waals surface area contributed by atoms with Crippen LogP contribution in [0.15, 0.2) is 0 Å². The van der Waals surface area contributed by atoms with Crippen LogP contribution in [0.25, 0.3) is 0 Å². The van der Waals surface area contributed by atoms with Gasteiger partial charge in [0.2, 0.25) is 0 Å². The summed E-state index contributed by atoms with van der Waals surface area (Å²) in [5, 5.41) is 6.73. The molecule has 0 rings (SSSR count). The van der Waals surface area contributed by atoms with Gasteiger partial charge >= 0.3 is 52.6 Å². The number of nitrogens with two attached hydrogens (primary N) is 2. The first-order valence-electron chi connectivity index (χ1n) is 18.0. The van der Waals surface area contributed by atoms with Crippen molar-refractivity contribution in [2.24, 2.45) is 11.5 Å². The molecule has 0 fully saturated rings. The van der Waals surface area contributed by atoms with Crippen molar-refractivity contribution < 1.29 is 51.6 Å². The zero-order chi connectivity index (χ0) is 38.2. The Morgan fingerprint density at radius 2 is 0.680 bits per heavy atom. The van der Waals surface area contributed by atoms with Crippen LogP contribution in [0.5, 0.6) is 0 Å². The largest absolute Gasteiger partial charge is 0.493 e. The van der Waals surface area contributed by atoms with E-state index in [4.69, 9.17) is 63.0 Å². The molecule has 22 heteroatoms. The second-order valence-electron chi connectivity index (χ2n) is 12.1. The van der Waals surface area contributed by atoms with E-state index >= 15 is 0 Å². The molecule has 0 saturated carbocycles. The van der Waals surface area contributed by atoms with Crippen LogP contribution in [0.1, 0.15) is 53.4 Å². The third-order valence-electron chi connectivity index (χ3n) is 8.14. The molecule has 0 aromatic heterocycles. The summed E-state index contributed by atoms with van der Waals surface area (Å²) in [5.41, 5.74) is 11.6. The molecule has 0 aliphatic rings. The minimum Gasteiger partial charge on any atom is -0.398 e. The molecule has 0 aliphatic heterocycles. The monoisotopic (exact) mass is 826 g/mol. The predicted octanol–water partition coefficient (Wildman–Crippen LogP) is 3.10. The number of hydrogen-bond acceptors (Lipinski definition) is 16. The fourth-order valence-corrected chi connectivity index (χ4v) is 30.9. The van der Waals surface area contributed by atoms with E-state index in [0.29, 0.717) is 82.3 Å². The number of nitrogens with one attached hydrogen (secondary N) is 2. The van der Waals surface area contributed by atoms with E-state index in [1.165, 1.54) is 0 Å². The van der Waals surface area contributed by atoms with E-state index in [0.717, 1.165) is 18.9 Å². The molecule has 0 bridgehead atoms. The Hall–Kier alpha value is 0.661. The fraction of sp³-hybridized carbons (Fsp3) is 1.00. The van der Waals surface area contributed by atoms with Gasteiger partial charge in [-0.1, -0.05) is 53.4 Å². The first kappa shape index (κ1) is 50.7. The maximum absolute atomic E-state index is 7.22. The lowest BCUT2D eigenvalue weighted by atomic mass is 10.6. The van der Waals surface area contributed by atoms with E-state index < -0.39 is 52.6 Å². The van der Waals surface area contributed by atoms with Crippen molar-refractivity contribution in [2.75, 3.05) is 89.0 Å². The second-order valence-corrected chi connectivity index (χ2v) is 31.1. The summed E-state index contributed by atoms with van der Waals surface area (Å²) in [6, 6.07) is 3.04. The highest BCUT2D eigenvalue weighted by Gasteiger charge is 2.63. The van der Waals surface area contributed by atoms with E-state index in [1.807, 2.05) is 20.4 Å². The van der Waals surface area contributed by atoms with Crippen LogP contribution in [0, 0.1) is 0 Å². The molecule has 0 heterocycles. The Morgan fingerprint density at radius 1 is 0.380 bits per heavy atom. The van der Waals surface area contributed by atoms with E-state index in [2.05, 4.69) is 24.5 Å². The van der Waals surface area contributed by atoms with Crippen LogP contribution in [-0.4, -0.2) is 142 Å². The second kappa shape index (κ2) is 26.5. The first-order valence-corrected chi connectivity index (χ1v) is 30.2. The first-order chi connectivity index (χ1) is 23.8. The Morgan fingerprint density at radius 3 is 0.980 bits per heavy atom. The number of hydrogen-bond donors (Lipinski definition) is 4. The van der Waals surface area contributed by atoms with Gasteiger partial charge in [-0.2, -0.15) is 0 Å². The summed E-state index contributed by atoms with van der Waals surface area (Å²) in [5.74, 6) is 0. The average Bonchev–Trinajstić information content (AvgIpc) is 3.11. The Kier molecular flexibility index (Phi) is 26.8. The molecular formula is C28H74N4O12Si6. The topological polar surface area (TPSA) is 187 Å². The summed E-state index contributed by atoms with van der Waals surface area (Å²) < 4.78 is 78.6. The van der Waals surface area contributed by atoms with Gasteiger partial charge in [0.05, 0.1) is 0 Å². The molecule has 0 radical (unpaired) electrons. The van der Waals surface area contributed by atoms with Gasteiger partial charge in [0.25, 0.3) is 0 Å². The Bertz CT molecular complexity index is 873. The highest BCUT2D eigenvalue weighted by molar-refractivity contribution is 6.87. The molecule has 0 amide bonds. The van der Waals surface area contributed by atoms with Crippen molar-refractivity contribution in [1.29, 1.82) is 0 Å². The van der Waals surface area contributed by atoms with Crippen molar-refractivity contribution in [3.63, 3.8) is 0 Å². The molecule has 5 unspecified atom stereocenters. The molecule has 0 aliphatic carbocycles. The summed E-state index contributed by atoms with van der Waals surface area (Å²) in [6.07, 6.45) is 3.06. The van der Waals surface area contributed by atoms with Gasteiger partial charge in [-0.25, -0.2) is 0 Å². The molecule has 6 N–H and O–H groups in total. The van der Waals surface area contributed by atoms with Gasteiger partial charge in [-0.3, -0.25) is 0 Å². The summed E-state index contributed by atoms with van der Waals surface area (Å²) in [6.45, 7) is 13.5. The van der Waals surface area contributed by atoms with E-state index in [1.54, 1.807) is 49.8 Å². The van der Waals surface area contributed by atoms with Gasteiger partial charge in [-0.15, -0.1) is 0 Å². The van der Waals surface area contributed by atoms with Crippen LogP contribution >= 0.6 is 0 Å². The summed E-state index contributed by atoms with van der Waals surface area (Å²) in [7, 11) is -9.35. The van der Waals surface area contributed by atoms with Gasteiger partial charge in [0.1, 0.15) is 0 Å². The van der Waals surface area contributed by atoms with E-state index in [9.17, 15) is 0 Å². The quantitative estimate of drug-likeness (QED) is 0.0539. The zero-order valence-electron chi connectivity index (χ0n) is 33.4. The van der Waals surface area contributed by atoms with Crippen LogP contribution in [0.4, 0.5) is 0 Å². The Balaban J connectivity index is 7.38. The molecule has 0 aromatic carbocycles. The van der Waals surface area contributed by atoms with Crippen LogP contribution in [0.3, 0.4) is 0 Å². The van der Waals surface area contributed by atoms with Crippen LogP contribution in [-0.2, 0) is 51.6 Å². The zero-order valence-corrected chi connectivity index (χ0v) is 39.4. The molecular weight excluding hydrogens is 753 g/mol. The highest BCUT2D eigenvalue weighted by atomic mass is 28.5. The minimum atomic E-state index is -3.80. The molecule has 50 heavy (non-hydrogen) atoms. The molecule has 0 aromatic rings. The van der Waals surface area contributed by atoms with Crippen LogP contribution in [0.2, 0.25) is 42.8 Å². The molecule has 5 atom stereocenters. The van der Waals surface area contributed by atoms with Gasteiger partial charge in [0, 0.05) is 106 Å². The normalized spacial score (nSPS) is 18.6. The van der Waals surface area contributed by atoms with E-state index in [-0.39, 0.29) is 0 Å². The van der Waals surface area contributed by atoms with Crippen molar-refractivity contribution >= 4 is 52.6 Å². The van der Waals surface area contributed by atoms with Gasteiger partial charge in [-0.05, 0) is 25.7 Å². The molecule has 0 spiro atoms. The molecule has 16 nitrogen and oxygen atoms in total.